The van der Waals surface area contributed by atoms with E-state index in [9.17, 15) is 0 Å². The van der Waals surface area contributed by atoms with Gasteiger partial charge in [0.2, 0.25) is 0 Å². The molecule has 0 N–H and O–H groups in total. The summed E-state index contributed by atoms with van der Waals surface area (Å²) in [6.45, 7) is 0. The predicted octanol–water partition coefficient (Wildman–Crippen LogP) is 14.3. The molecule has 0 saturated carbocycles. The van der Waals surface area contributed by atoms with Gasteiger partial charge in [-0.2, -0.15) is 0 Å². The molecule has 4 heteroatoms. The summed E-state index contributed by atoms with van der Waals surface area (Å²) < 4.78 is 0. The third-order valence-corrected chi connectivity index (χ3v) is 13.9. The lowest BCUT2D eigenvalue weighted by atomic mass is 9.67. The summed E-state index contributed by atoms with van der Waals surface area (Å²) in [5.74, 6) is 0. The van der Waals surface area contributed by atoms with E-state index in [-0.39, 0.29) is 0 Å². The Bertz CT molecular complexity index is 3530. The van der Waals surface area contributed by atoms with Crippen LogP contribution in [-0.4, -0.2) is 15.0 Å². The lowest BCUT2D eigenvalue weighted by Crippen LogP contribution is -2.31. The molecular formula is C56H33N3S. The van der Waals surface area contributed by atoms with E-state index in [0.717, 1.165) is 66.5 Å². The molecule has 0 saturated heterocycles. The van der Waals surface area contributed by atoms with Gasteiger partial charge in [-0.25, -0.2) is 15.0 Å². The largest absolute Gasteiger partial charge is 0.247 e. The number of pyridine rings is 3. The van der Waals surface area contributed by atoms with Gasteiger partial charge in [-0.3, -0.25) is 0 Å². The van der Waals surface area contributed by atoms with Crippen molar-refractivity contribution in [1.29, 1.82) is 0 Å². The van der Waals surface area contributed by atoms with Crippen LogP contribution in [0.2, 0.25) is 0 Å². The molecule has 278 valence electrons. The zero-order chi connectivity index (χ0) is 39.4. The van der Waals surface area contributed by atoms with E-state index < -0.39 is 5.41 Å². The molecule has 8 aromatic carbocycles. The smallest absolute Gasteiger partial charge is 0.0972 e. The van der Waals surface area contributed by atoms with E-state index in [0.29, 0.717) is 0 Å². The Balaban J connectivity index is 1.09. The van der Waals surface area contributed by atoms with Gasteiger partial charge in [-0.05, 0) is 75.2 Å². The fourth-order valence-electron chi connectivity index (χ4n) is 10.1. The summed E-state index contributed by atoms with van der Waals surface area (Å²) >= 11 is 1.88. The highest BCUT2D eigenvalue weighted by Gasteiger charge is 2.50. The number of rotatable bonds is 3. The number of fused-ring (bicyclic) bond motifs is 16. The molecule has 1 spiro atoms. The van der Waals surface area contributed by atoms with Crippen molar-refractivity contribution in [3.05, 3.63) is 222 Å². The molecule has 1 aliphatic carbocycles. The summed E-state index contributed by atoms with van der Waals surface area (Å²) in [4.78, 5) is 18.7. The van der Waals surface area contributed by atoms with Crippen LogP contribution in [0.4, 0.5) is 0 Å². The highest BCUT2D eigenvalue weighted by atomic mass is 32.2. The standard InChI is InChI=1S/C56H33N3S/c1-3-13-34(14-4-1)46-30-25-36-23-24-37-26-31-47(58-55(37)54(36)57-46)38-27-32-48-41(33-38)39-28-29-45-51(52(39)53(59-48)35-15-5-2-6-16-35)40-17-7-8-18-42(40)56(45)43-19-9-11-21-49(43)60-50-22-12-10-20-44(50)56/h1-33H. The first-order valence-corrected chi connectivity index (χ1v) is 21.3. The van der Waals surface area contributed by atoms with E-state index in [2.05, 4.69) is 194 Å². The summed E-state index contributed by atoms with van der Waals surface area (Å²) in [7, 11) is 0. The molecule has 11 aromatic rings. The molecule has 2 aliphatic rings. The Hall–Kier alpha value is -7.40. The lowest BCUT2D eigenvalue weighted by Gasteiger charge is -2.39. The second-order valence-corrected chi connectivity index (χ2v) is 16.9. The van der Waals surface area contributed by atoms with Gasteiger partial charge in [0, 0.05) is 48.0 Å². The third kappa shape index (κ3) is 4.71. The van der Waals surface area contributed by atoms with Crippen molar-refractivity contribution in [2.24, 2.45) is 0 Å². The molecule has 0 atom stereocenters. The average Bonchev–Trinajstić information content (AvgIpc) is 3.62. The molecule has 0 bridgehead atoms. The minimum absolute atomic E-state index is 0.477. The first-order chi connectivity index (χ1) is 29.7. The molecule has 1 aliphatic heterocycles. The molecule has 3 nitrogen and oxygen atoms in total. The monoisotopic (exact) mass is 779 g/mol. The topological polar surface area (TPSA) is 38.7 Å². The van der Waals surface area contributed by atoms with Crippen molar-refractivity contribution in [1.82, 2.24) is 15.0 Å². The van der Waals surface area contributed by atoms with Crippen molar-refractivity contribution in [2.45, 2.75) is 15.2 Å². The zero-order valence-corrected chi connectivity index (χ0v) is 33.1. The van der Waals surface area contributed by atoms with E-state index in [1.807, 2.05) is 17.8 Å². The molecule has 0 amide bonds. The molecule has 60 heavy (non-hydrogen) atoms. The Labute approximate surface area is 351 Å². The maximum Gasteiger partial charge on any atom is 0.0972 e. The second-order valence-electron chi connectivity index (χ2n) is 15.8. The van der Waals surface area contributed by atoms with Gasteiger partial charge in [-0.1, -0.05) is 176 Å². The SMILES string of the molecule is c1ccc(-c2ccc3ccc4ccc(-c5ccc6nc(-c7ccccc7)c7c8c(ccc7c6c5)C5(c6ccccc6Sc6ccccc65)c5ccccc5-8)nc4c3n2)cc1. The van der Waals surface area contributed by atoms with Gasteiger partial charge in [0.1, 0.15) is 0 Å². The van der Waals surface area contributed by atoms with E-state index in [1.165, 1.54) is 53.9 Å². The van der Waals surface area contributed by atoms with Crippen LogP contribution < -0.4 is 0 Å². The molecule has 0 unspecified atom stereocenters. The highest BCUT2D eigenvalue weighted by molar-refractivity contribution is 7.99. The van der Waals surface area contributed by atoms with Crippen molar-refractivity contribution in [3.63, 3.8) is 0 Å². The maximum atomic E-state index is 5.58. The van der Waals surface area contributed by atoms with Crippen LogP contribution in [0.5, 0.6) is 0 Å². The molecule has 3 aromatic heterocycles. The number of hydrogen-bond acceptors (Lipinski definition) is 4. The Kier molecular flexibility index (Phi) is 7.16. The minimum Gasteiger partial charge on any atom is -0.247 e. The first-order valence-electron chi connectivity index (χ1n) is 20.4. The first kappa shape index (κ1) is 33.6. The van der Waals surface area contributed by atoms with Crippen LogP contribution in [-0.2, 0) is 5.41 Å². The molecule has 13 rings (SSSR count). The van der Waals surface area contributed by atoms with Crippen LogP contribution in [0, 0.1) is 0 Å². The zero-order valence-electron chi connectivity index (χ0n) is 32.3. The molecule has 0 radical (unpaired) electrons. The van der Waals surface area contributed by atoms with E-state index in [1.54, 1.807) is 0 Å². The van der Waals surface area contributed by atoms with E-state index >= 15 is 0 Å². The van der Waals surface area contributed by atoms with Gasteiger partial charge < -0.3 is 0 Å². The Morgan fingerprint density at radius 1 is 0.383 bits per heavy atom. The van der Waals surface area contributed by atoms with Crippen LogP contribution >= 0.6 is 11.8 Å². The number of hydrogen-bond donors (Lipinski definition) is 0. The summed E-state index contributed by atoms with van der Waals surface area (Å²) in [6.07, 6.45) is 0. The van der Waals surface area contributed by atoms with Crippen LogP contribution in [0.15, 0.2) is 210 Å². The van der Waals surface area contributed by atoms with Crippen molar-refractivity contribution < 1.29 is 0 Å². The van der Waals surface area contributed by atoms with Gasteiger partial charge in [0.15, 0.2) is 0 Å². The molecular weight excluding hydrogens is 747 g/mol. The van der Waals surface area contributed by atoms with Crippen molar-refractivity contribution >= 4 is 55.2 Å². The lowest BCUT2D eigenvalue weighted by molar-refractivity contribution is 0.723. The fraction of sp³-hybridized carbons (Fsp3) is 0.0179. The van der Waals surface area contributed by atoms with Crippen LogP contribution in [0.1, 0.15) is 22.3 Å². The molecule has 0 fully saturated rings. The van der Waals surface area contributed by atoms with Gasteiger partial charge >= 0.3 is 0 Å². The number of nitrogens with zero attached hydrogens (tertiary/aromatic N) is 3. The Morgan fingerprint density at radius 3 is 1.63 bits per heavy atom. The van der Waals surface area contributed by atoms with E-state index in [4.69, 9.17) is 15.0 Å². The maximum absolute atomic E-state index is 5.58. The normalized spacial score (nSPS) is 13.4. The highest BCUT2D eigenvalue weighted by Crippen LogP contribution is 2.63. The fourth-order valence-corrected chi connectivity index (χ4v) is 11.3. The minimum atomic E-state index is -0.477. The van der Waals surface area contributed by atoms with Crippen molar-refractivity contribution in [2.75, 3.05) is 0 Å². The van der Waals surface area contributed by atoms with Crippen molar-refractivity contribution in [3.8, 4) is 44.9 Å². The quantitative estimate of drug-likeness (QED) is 0.167. The second kappa shape index (κ2) is 12.8. The number of benzene rings is 8. The van der Waals surface area contributed by atoms with Gasteiger partial charge in [-0.15, -0.1) is 0 Å². The predicted molar refractivity (Wildman–Crippen MR) is 248 cm³/mol. The average molecular weight is 780 g/mol. The summed E-state index contributed by atoms with van der Waals surface area (Å²) in [5.41, 5.74) is 16.2. The van der Waals surface area contributed by atoms with Gasteiger partial charge in [0.05, 0.1) is 39.0 Å². The summed E-state index contributed by atoms with van der Waals surface area (Å²) in [6, 6.07) is 72.4. The summed E-state index contributed by atoms with van der Waals surface area (Å²) in [5, 5.41) is 5.60. The van der Waals surface area contributed by atoms with Crippen LogP contribution in [0.25, 0.3) is 88.4 Å². The third-order valence-electron chi connectivity index (χ3n) is 12.7. The Morgan fingerprint density at radius 2 is 0.950 bits per heavy atom. The molecule has 4 heterocycles. The van der Waals surface area contributed by atoms with Gasteiger partial charge in [0.25, 0.3) is 0 Å². The van der Waals surface area contributed by atoms with Crippen LogP contribution in [0.3, 0.4) is 0 Å². The number of aromatic nitrogens is 3.